The fraction of sp³-hybridized carbons (Fsp3) is 0.500. The number of hydrogen-bond donors (Lipinski definition) is 0. The third kappa shape index (κ3) is 175. The van der Waals surface area contributed by atoms with Crippen molar-refractivity contribution in [2.75, 3.05) is 6.26 Å². The van der Waals surface area contributed by atoms with E-state index in [1.54, 1.807) is 0 Å². The maximum absolute atomic E-state index is 4.50. The van der Waals surface area contributed by atoms with Gasteiger partial charge in [0.05, 0.1) is 7.85 Å². The molecule has 0 atom stereocenters. The first-order chi connectivity index (χ1) is 2.41. The summed E-state index contributed by atoms with van der Waals surface area (Å²) in [5, 5.41) is 0. The van der Waals surface area contributed by atoms with Crippen molar-refractivity contribution in [3.63, 3.8) is 0 Å². The van der Waals surface area contributed by atoms with Crippen molar-refractivity contribution < 1.29 is 18.6 Å². The molecule has 0 rings (SSSR count). The zero-order valence-corrected chi connectivity index (χ0v) is 7.35. The summed E-state index contributed by atoms with van der Waals surface area (Å²) in [6, 6.07) is 0. The SMILES string of the molecule is [B]C.[CH2-]SC.[CH3-].[V+2]. The topological polar surface area (TPSA) is 0 Å². The maximum atomic E-state index is 4.50. The van der Waals surface area contributed by atoms with Gasteiger partial charge in [0.2, 0.25) is 0 Å². The van der Waals surface area contributed by atoms with Gasteiger partial charge in [-0.1, -0.05) is 6.82 Å². The zero-order valence-electron chi connectivity index (χ0n) is 5.14. The van der Waals surface area contributed by atoms with Gasteiger partial charge in [-0.15, -0.1) is 0 Å². The van der Waals surface area contributed by atoms with E-state index in [9.17, 15) is 0 Å². The van der Waals surface area contributed by atoms with Crippen molar-refractivity contribution in [1.29, 1.82) is 0 Å². The molecule has 0 aromatic carbocycles. The van der Waals surface area contributed by atoms with Crippen LogP contribution in [0.15, 0.2) is 0 Å². The van der Waals surface area contributed by atoms with Gasteiger partial charge < -0.3 is 19.2 Å². The van der Waals surface area contributed by atoms with Crippen LogP contribution >= 0.6 is 11.8 Å². The summed E-state index contributed by atoms with van der Waals surface area (Å²) >= 11 is 1.50. The molecule has 0 heterocycles. The third-order valence-electron chi connectivity index (χ3n) is 0. The molecule has 0 bridgehead atoms. The van der Waals surface area contributed by atoms with E-state index in [-0.39, 0.29) is 26.0 Å². The molecule has 0 unspecified atom stereocenters. The Hall–Kier alpha value is 0.999. The van der Waals surface area contributed by atoms with Crippen molar-refractivity contribution in [2.24, 2.45) is 0 Å². The second-order valence-corrected chi connectivity index (χ2v) is 0.866. The van der Waals surface area contributed by atoms with Gasteiger partial charge in [0.25, 0.3) is 0 Å². The smallest absolute Gasteiger partial charge is 0.358 e. The summed E-state index contributed by atoms with van der Waals surface area (Å²) in [6.07, 6.45) is 5.33. The van der Waals surface area contributed by atoms with Crippen LogP contribution in [0.25, 0.3) is 0 Å². The second kappa shape index (κ2) is 63.0. The molecule has 0 aliphatic rings. The Morgan fingerprint density at radius 2 is 1.43 bits per heavy atom. The molecule has 0 fully saturated rings. The molecule has 0 aliphatic carbocycles. The quantitative estimate of drug-likeness (QED) is 0.377. The summed E-state index contributed by atoms with van der Waals surface area (Å²) in [5.74, 6) is 0. The van der Waals surface area contributed by atoms with E-state index in [4.69, 9.17) is 0 Å². The molecular weight excluding hydrogens is 142 g/mol. The van der Waals surface area contributed by atoms with Crippen molar-refractivity contribution in [3.05, 3.63) is 13.7 Å². The largest absolute Gasteiger partial charge is 2.00 e. The van der Waals surface area contributed by atoms with Gasteiger partial charge in [-0.3, -0.25) is 6.26 Å². The van der Waals surface area contributed by atoms with E-state index in [2.05, 4.69) is 14.1 Å². The summed E-state index contributed by atoms with van der Waals surface area (Å²) in [5.41, 5.74) is 0. The van der Waals surface area contributed by atoms with E-state index in [0.29, 0.717) is 0 Å². The molecule has 0 aliphatic heterocycles. The summed E-state index contributed by atoms with van der Waals surface area (Å²) < 4.78 is 0. The fourth-order valence-electron chi connectivity index (χ4n) is 0. The third-order valence-corrected chi connectivity index (χ3v) is 0. The Labute approximate surface area is 65.1 Å². The fourth-order valence-corrected chi connectivity index (χ4v) is 0. The van der Waals surface area contributed by atoms with Crippen molar-refractivity contribution in [3.8, 4) is 0 Å². The van der Waals surface area contributed by atoms with Crippen LogP contribution in [0.5, 0.6) is 0 Å². The van der Waals surface area contributed by atoms with Crippen molar-refractivity contribution >= 4 is 19.6 Å². The van der Waals surface area contributed by atoms with Crippen LogP contribution in [0.4, 0.5) is 0 Å². The van der Waals surface area contributed by atoms with Gasteiger partial charge in [0, 0.05) is 0 Å². The monoisotopic (exact) mass is 153 g/mol. The minimum Gasteiger partial charge on any atom is -0.358 e. The standard InChI is InChI=1S/C2H5S.CH3B.CH3.V/c1-3-2;1-2;;/h1H2,2H3;1H3;1H3;/q-1;;-1;+2. The van der Waals surface area contributed by atoms with Crippen LogP contribution < -0.4 is 0 Å². The first kappa shape index (κ1) is 24.5. The minimum absolute atomic E-state index is 0. The molecule has 3 heteroatoms. The molecule has 0 aromatic heterocycles. The Morgan fingerprint density at radius 1 is 1.43 bits per heavy atom. The maximum Gasteiger partial charge on any atom is 2.00 e. The molecule has 7 heavy (non-hydrogen) atoms. The Kier molecular flexibility index (Phi) is 221. The summed E-state index contributed by atoms with van der Waals surface area (Å²) in [4.78, 5) is 0. The van der Waals surface area contributed by atoms with E-state index >= 15 is 0 Å². The second-order valence-electron chi connectivity index (χ2n) is 0.289. The van der Waals surface area contributed by atoms with Gasteiger partial charge in [-0.2, -0.15) is 0 Å². The van der Waals surface area contributed by atoms with Crippen LogP contribution in [0.3, 0.4) is 0 Å². The van der Waals surface area contributed by atoms with Gasteiger partial charge in [-0.25, -0.2) is 0 Å². The van der Waals surface area contributed by atoms with Gasteiger partial charge in [-0.05, 0) is 6.26 Å². The summed E-state index contributed by atoms with van der Waals surface area (Å²) in [6.45, 7) is 1.50. The van der Waals surface area contributed by atoms with Crippen LogP contribution in [0.2, 0.25) is 6.82 Å². The van der Waals surface area contributed by atoms with Crippen LogP contribution in [-0.2, 0) is 18.6 Å². The predicted molar refractivity (Wildman–Crippen MR) is 36.9 cm³/mol. The first-order valence-corrected chi connectivity index (χ1v) is 2.67. The van der Waals surface area contributed by atoms with Crippen LogP contribution in [0, 0.1) is 13.7 Å². The minimum atomic E-state index is 0. The molecule has 0 N–H and O–H groups in total. The number of hydrogen-bond acceptors (Lipinski definition) is 1. The van der Waals surface area contributed by atoms with Crippen molar-refractivity contribution in [2.45, 2.75) is 6.82 Å². The molecule has 0 amide bonds. The van der Waals surface area contributed by atoms with Crippen molar-refractivity contribution in [1.82, 2.24) is 0 Å². The number of rotatable bonds is 0. The molecule has 0 aromatic rings. The average Bonchev–Trinajstić information content (AvgIpc) is 1.46. The molecule has 0 saturated carbocycles. The molecule has 0 nitrogen and oxygen atoms in total. The van der Waals surface area contributed by atoms with E-state index in [1.165, 1.54) is 18.6 Å². The van der Waals surface area contributed by atoms with Crippen LogP contribution in [0.1, 0.15) is 0 Å². The molecular formula is C4H11BSV. The van der Waals surface area contributed by atoms with E-state index in [1.807, 2.05) is 6.26 Å². The normalized spacial score (nSPS) is 3.29. The zero-order chi connectivity index (χ0) is 4.71. The molecule has 0 saturated heterocycles. The first-order valence-electron chi connectivity index (χ1n) is 1.27. The Balaban J connectivity index is -0.0000000105. The Morgan fingerprint density at radius 3 is 1.43 bits per heavy atom. The van der Waals surface area contributed by atoms with E-state index in [0.717, 1.165) is 0 Å². The molecule has 3 radical (unpaired) electrons. The van der Waals surface area contributed by atoms with Crippen LogP contribution in [-0.4, -0.2) is 14.1 Å². The van der Waals surface area contributed by atoms with Gasteiger partial charge >= 0.3 is 18.6 Å². The molecule has 0 spiro atoms. The van der Waals surface area contributed by atoms with Gasteiger partial charge in [0.1, 0.15) is 0 Å². The average molecular weight is 153 g/mol. The van der Waals surface area contributed by atoms with E-state index < -0.39 is 0 Å². The predicted octanol–water partition coefficient (Wildman–Crippen LogP) is 1.79. The summed E-state index contributed by atoms with van der Waals surface area (Å²) in [7, 11) is 4.50. The molecule has 41 valence electrons. The number of thioether (sulfide) groups is 1. The Bertz CT molecular complexity index is 11.7. The van der Waals surface area contributed by atoms with Gasteiger partial charge in [0.15, 0.2) is 0 Å².